The molecule has 0 aromatic rings. The smallest absolute Gasteiger partial charge is 0.303 e. The standard InChI is InChI=1S/C10H17NO4/c12-8(3-1-4-9(13)14)11-7-10(15)5-2-6-10/h15H,1-7H2,(H,11,12)(H,13,14). The number of hydrogen-bond donors (Lipinski definition) is 3. The van der Waals surface area contributed by atoms with E-state index in [2.05, 4.69) is 5.32 Å². The summed E-state index contributed by atoms with van der Waals surface area (Å²) in [6.45, 7) is 0.291. The fourth-order valence-corrected chi connectivity index (χ4v) is 1.51. The molecular weight excluding hydrogens is 198 g/mol. The van der Waals surface area contributed by atoms with Crippen molar-refractivity contribution in [2.45, 2.75) is 44.1 Å². The molecule has 1 saturated carbocycles. The van der Waals surface area contributed by atoms with Crippen molar-refractivity contribution in [3.05, 3.63) is 0 Å². The predicted octanol–water partition coefficient (Wildman–Crippen LogP) is 0.272. The van der Waals surface area contributed by atoms with E-state index < -0.39 is 11.6 Å². The van der Waals surface area contributed by atoms with Gasteiger partial charge in [-0.05, 0) is 25.7 Å². The summed E-state index contributed by atoms with van der Waals surface area (Å²) >= 11 is 0. The molecule has 0 bridgehead atoms. The number of aliphatic hydroxyl groups is 1. The van der Waals surface area contributed by atoms with Gasteiger partial charge in [0, 0.05) is 19.4 Å². The molecule has 0 aromatic carbocycles. The van der Waals surface area contributed by atoms with Gasteiger partial charge in [-0.25, -0.2) is 0 Å². The molecule has 1 aliphatic rings. The second-order valence-corrected chi connectivity index (χ2v) is 4.10. The molecule has 0 unspecified atom stereocenters. The molecule has 5 heteroatoms. The lowest BCUT2D eigenvalue weighted by Crippen LogP contribution is -2.47. The zero-order valence-corrected chi connectivity index (χ0v) is 8.66. The summed E-state index contributed by atoms with van der Waals surface area (Å²) in [6, 6.07) is 0. The first kappa shape index (κ1) is 12.0. The number of carbonyl (C=O) groups excluding carboxylic acids is 1. The maximum Gasteiger partial charge on any atom is 0.303 e. The Kier molecular flexibility index (Phi) is 4.08. The third kappa shape index (κ3) is 4.29. The van der Waals surface area contributed by atoms with Crippen LogP contribution in [-0.4, -0.2) is 34.2 Å². The molecule has 1 aliphatic carbocycles. The van der Waals surface area contributed by atoms with E-state index in [0.717, 1.165) is 19.3 Å². The van der Waals surface area contributed by atoms with Gasteiger partial charge in [0.25, 0.3) is 0 Å². The first-order valence-electron chi connectivity index (χ1n) is 5.23. The van der Waals surface area contributed by atoms with Crippen LogP contribution in [0.4, 0.5) is 0 Å². The Labute approximate surface area is 88.5 Å². The average molecular weight is 215 g/mol. The Morgan fingerprint density at radius 1 is 1.27 bits per heavy atom. The molecule has 0 heterocycles. The first-order valence-corrected chi connectivity index (χ1v) is 5.23. The van der Waals surface area contributed by atoms with Crippen molar-refractivity contribution < 1.29 is 19.8 Å². The first-order chi connectivity index (χ1) is 7.02. The second kappa shape index (κ2) is 5.11. The molecule has 1 fully saturated rings. The van der Waals surface area contributed by atoms with Gasteiger partial charge in [0.05, 0.1) is 5.60 Å². The normalized spacial score (nSPS) is 17.9. The van der Waals surface area contributed by atoms with Crippen LogP contribution in [0.15, 0.2) is 0 Å². The van der Waals surface area contributed by atoms with Crippen LogP contribution >= 0.6 is 0 Å². The Balaban J connectivity index is 2.05. The molecule has 0 saturated heterocycles. The van der Waals surface area contributed by atoms with Crippen LogP contribution in [0.5, 0.6) is 0 Å². The summed E-state index contributed by atoms with van der Waals surface area (Å²) in [6.07, 6.45) is 3.05. The number of hydrogen-bond acceptors (Lipinski definition) is 3. The number of nitrogens with one attached hydrogen (secondary N) is 1. The lowest BCUT2D eigenvalue weighted by atomic mass is 9.80. The lowest BCUT2D eigenvalue weighted by Gasteiger charge is -2.36. The lowest BCUT2D eigenvalue weighted by molar-refractivity contribution is -0.137. The van der Waals surface area contributed by atoms with Gasteiger partial charge < -0.3 is 15.5 Å². The minimum atomic E-state index is -0.888. The highest BCUT2D eigenvalue weighted by Gasteiger charge is 2.34. The molecule has 0 aliphatic heterocycles. The highest BCUT2D eigenvalue weighted by Crippen LogP contribution is 2.30. The van der Waals surface area contributed by atoms with Gasteiger partial charge in [-0.3, -0.25) is 9.59 Å². The van der Waals surface area contributed by atoms with Gasteiger partial charge in [0.2, 0.25) is 5.91 Å². The van der Waals surface area contributed by atoms with Crippen LogP contribution in [-0.2, 0) is 9.59 Å². The Hall–Kier alpha value is -1.10. The van der Waals surface area contributed by atoms with E-state index in [9.17, 15) is 14.7 Å². The van der Waals surface area contributed by atoms with Crippen molar-refractivity contribution >= 4 is 11.9 Å². The van der Waals surface area contributed by atoms with Crippen LogP contribution in [0, 0.1) is 0 Å². The Morgan fingerprint density at radius 2 is 1.93 bits per heavy atom. The molecule has 15 heavy (non-hydrogen) atoms. The van der Waals surface area contributed by atoms with E-state index in [0.29, 0.717) is 13.0 Å². The van der Waals surface area contributed by atoms with Gasteiger partial charge in [-0.1, -0.05) is 0 Å². The molecule has 86 valence electrons. The summed E-state index contributed by atoms with van der Waals surface area (Å²) in [5.41, 5.74) is -0.706. The van der Waals surface area contributed by atoms with Crippen molar-refractivity contribution in [3.63, 3.8) is 0 Å². The van der Waals surface area contributed by atoms with Crippen LogP contribution in [0.3, 0.4) is 0 Å². The molecule has 1 rings (SSSR count). The third-order valence-electron chi connectivity index (χ3n) is 2.69. The quantitative estimate of drug-likeness (QED) is 0.593. The van der Waals surface area contributed by atoms with Gasteiger partial charge in [-0.2, -0.15) is 0 Å². The van der Waals surface area contributed by atoms with E-state index in [1.165, 1.54) is 0 Å². The SMILES string of the molecule is O=C(O)CCCC(=O)NCC1(O)CCC1. The van der Waals surface area contributed by atoms with E-state index in [1.807, 2.05) is 0 Å². The molecule has 5 nitrogen and oxygen atoms in total. The summed E-state index contributed by atoms with van der Waals surface area (Å²) in [7, 11) is 0. The minimum Gasteiger partial charge on any atom is -0.481 e. The maximum absolute atomic E-state index is 11.2. The average Bonchev–Trinajstić information content (AvgIpc) is 2.11. The molecule has 0 atom stereocenters. The summed E-state index contributed by atoms with van der Waals surface area (Å²) in [5.74, 6) is -1.07. The highest BCUT2D eigenvalue weighted by molar-refractivity contribution is 5.76. The highest BCUT2D eigenvalue weighted by atomic mass is 16.4. The number of amides is 1. The third-order valence-corrected chi connectivity index (χ3v) is 2.69. The van der Waals surface area contributed by atoms with Gasteiger partial charge >= 0.3 is 5.97 Å². The molecular formula is C10H17NO4. The Morgan fingerprint density at radius 3 is 2.40 bits per heavy atom. The predicted molar refractivity (Wildman–Crippen MR) is 53.3 cm³/mol. The fraction of sp³-hybridized carbons (Fsp3) is 0.800. The number of carboxylic acids is 1. The maximum atomic E-state index is 11.2. The number of carbonyl (C=O) groups is 2. The number of rotatable bonds is 6. The second-order valence-electron chi connectivity index (χ2n) is 4.10. The molecule has 0 spiro atoms. The summed E-state index contributed by atoms with van der Waals surface area (Å²) < 4.78 is 0. The van der Waals surface area contributed by atoms with E-state index >= 15 is 0 Å². The minimum absolute atomic E-state index is 0.0116. The summed E-state index contributed by atoms with van der Waals surface area (Å²) in [4.78, 5) is 21.4. The van der Waals surface area contributed by atoms with Crippen LogP contribution in [0.1, 0.15) is 38.5 Å². The van der Waals surface area contributed by atoms with Gasteiger partial charge in [-0.15, -0.1) is 0 Å². The number of aliphatic carboxylic acids is 1. The van der Waals surface area contributed by atoms with E-state index in [1.54, 1.807) is 0 Å². The van der Waals surface area contributed by atoms with Crippen molar-refractivity contribution in [3.8, 4) is 0 Å². The zero-order chi connectivity index (χ0) is 11.3. The van der Waals surface area contributed by atoms with Gasteiger partial charge in [0.15, 0.2) is 0 Å². The van der Waals surface area contributed by atoms with Crippen LogP contribution < -0.4 is 5.32 Å². The largest absolute Gasteiger partial charge is 0.481 e. The van der Waals surface area contributed by atoms with Gasteiger partial charge in [0.1, 0.15) is 0 Å². The van der Waals surface area contributed by atoms with E-state index in [-0.39, 0.29) is 18.7 Å². The molecule has 0 aromatic heterocycles. The topological polar surface area (TPSA) is 86.6 Å². The van der Waals surface area contributed by atoms with Crippen molar-refractivity contribution in [1.29, 1.82) is 0 Å². The molecule has 0 radical (unpaired) electrons. The Bertz CT molecular complexity index is 248. The monoisotopic (exact) mass is 215 g/mol. The van der Waals surface area contributed by atoms with E-state index in [4.69, 9.17) is 5.11 Å². The van der Waals surface area contributed by atoms with Crippen molar-refractivity contribution in [2.24, 2.45) is 0 Å². The van der Waals surface area contributed by atoms with Crippen molar-refractivity contribution in [1.82, 2.24) is 5.32 Å². The number of carboxylic acid groups (broad SMARTS) is 1. The fourth-order valence-electron chi connectivity index (χ4n) is 1.51. The van der Waals surface area contributed by atoms with Crippen LogP contribution in [0.2, 0.25) is 0 Å². The molecule has 3 N–H and O–H groups in total. The van der Waals surface area contributed by atoms with Crippen LogP contribution in [0.25, 0.3) is 0 Å². The summed E-state index contributed by atoms with van der Waals surface area (Å²) in [5, 5.41) is 20.6. The zero-order valence-electron chi connectivity index (χ0n) is 8.66. The van der Waals surface area contributed by atoms with Crippen molar-refractivity contribution in [2.75, 3.05) is 6.54 Å². The molecule has 1 amide bonds.